The molecule has 0 saturated heterocycles. The molecule has 2 aromatic rings. The molecule has 0 radical (unpaired) electrons. The summed E-state index contributed by atoms with van der Waals surface area (Å²) in [4.78, 5) is 12.3. The van der Waals surface area contributed by atoms with Crippen LogP contribution in [-0.4, -0.2) is 5.78 Å². The predicted octanol–water partition coefficient (Wildman–Crippen LogP) is 4.53. The Morgan fingerprint density at radius 2 is 1.53 bits per heavy atom. The summed E-state index contributed by atoms with van der Waals surface area (Å²) < 4.78 is 0. The third kappa shape index (κ3) is 2.36. The van der Waals surface area contributed by atoms with Gasteiger partial charge < -0.3 is 0 Å². The van der Waals surface area contributed by atoms with E-state index in [0.29, 0.717) is 21.2 Å². The van der Waals surface area contributed by atoms with Gasteiger partial charge in [-0.3, -0.25) is 4.79 Å². The summed E-state index contributed by atoms with van der Waals surface area (Å²) in [6.07, 6.45) is 0. The standard InChI is InChI=1S/C14H10Cl2O/c1-9-5-2-3-6-10(9)14(17)13-11(15)7-4-8-12(13)16/h2-8H,1H3. The minimum absolute atomic E-state index is 0.140. The minimum Gasteiger partial charge on any atom is -0.288 e. The maximum Gasteiger partial charge on any atom is 0.196 e. The third-order valence-corrected chi connectivity index (χ3v) is 3.21. The second-order valence-corrected chi connectivity index (χ2v) is 4.56. The molecule has 0 atom stereocenters. The minimum atomic E-state index is -0.140. The molecule has 0 spiro atoms. The first-order chi connectivity index (χ1) is 8.11. The van der Waals surface area contributed by atoms with Gasteiger partial charge >= 0.3 is 0 Å². The number of ketones is 1. The monoisotopic (exact) mass is 264 g/mol. The summed E-state index contributed by atoms with van der Waals surface area (Å²) in [6.45, 7) is 1.89. The summed E-state index contributed by atoms with van der Waals surface area (Å²) in [5.74, 6) is -0.140. The van der Waals surface area contributed by atoms with Gasteiger partial charge in [0.15, 0.2) is 5.78 Å². The van der Waals surface area contributed by atoms with E-state index in [1.54, 1.807) is 24.3 Å². The Labute approximate surface area is 110 Å². The van der Waals surface area contributed by atoms with E-state index < -0.39 is 0 Å². The Kier molecular flexibility index (Phi) is 3.51. The van der Waals surface area contributed by atoms with Gasteiger partial charge in [0.1, 0.15) is 0 Å². The van der Waals surface area contributed by atoms with Crippen LogP contribution in [0.3, 0.4) is 0 Å². The van der Waals surface area contributed by atoms with Crippen molar-refractivity contribution in [2.24, 2.45) is 0 Å². The van der Waals surface area contributed by atoms with E-state index >= 15 is 0 Å². The SMILES string of the molecule is Cc1ccccc1C(=O)c1c(Cl)cccc1Cl. The molecule has 17 heavy (non-hydrogen) atoms. The lowest BCUT2D eigenvalue weighted by Gasteiger charge is -2.08. The van der Waals surface area contributed by atoms with Crippen LogP contribution in [0.2, 0.25) is 10.0 Å². The van der Waals surface area contributed by atoms with Gasteiger partial charge in [0, 0.05) is 5.56 Å². The van der Waals surface area contributed by atoms with Gasteiger partial charge in [-0.2, -0.15) is 0 Å². The summed E-state index contributed by atoms with van der Waals surface area (Å²) in [7, 11) is 0. The molecule has 0 fully saturated rings. The first-order valence-corrected chi connectivity index (χ1v) is 5.91. The zero-order chi connectivity index (χ0) is 12.4. The lowest BCUT2D eigenvalue weighted by atomic mass is 9.99. The van der Waals surface area contributed by atoms with Crippen molar-refractivity contribution < 1.29 is 4.79 Å². The van der Waals surface area contributed by atoms with Crippen molar-refractivity contribution in [1.29, 1.82) is 0 Å². The van der Waals surface area contributed by atoms with Gasteiger partial charge in [0.05, 0.1) is 15.6 Å². The predicted molar refractivity (Wildman–Crippen MR) is 71.1 cm³/mol. The van der Waals surface area contributed by atoms with Crippen LogP contribution in [0, 0.1) is 6.92 Å². The van der Waals surface area contributed by atoms with Crippen molar-refractivity contribution in [2.45, 2.75) is 6.92 Å². The molecular weight excluding hydrogens is 255 g/mol. The largest absolute Gasteiger partial charge is 0.288 e. The highest BCUT2D eigenvalue weighted by Crippen LogP contribution is 2.27. The van der Waals surface area contributed by atoms with Crippen LogP contribution in [0.25, 0.3) is 0 Å². The zero-order valence-electron chi connectivity index (χ0n) is 9.21. The molecule has 0 aliphatic rings. The van der Waals surface area contributed by atoms with Crippen molar-refractivity contribution in [2.75, 3.05) is 0 Å². The molecule has 2 rings (SSSR count). The molecule has 0 unspecified atom stereocenters. The van der Waals surface area contributed by atoms with Crippen LogP contribution in [0.5, 0.6) is 0 Å². The van der Waals surface area contributed by atoms with Gasteiger partial charge in [-0.15, -0.1) is 0 Å². The van der Waals surface area contributed by atoms with Gasteiger partial charge in [0.25, 0.3) is 0 Å². The zero-order valence-corrected chi connectivity index (χ0v) is 10.7. The van der Waals surface area contributed by atoms with E-state index in [1.165, 1.54) is 0 Å². The van der Waals surface area contributed by atoms with Crippen molar-refractivity contribution in [1.82, 2.24) is 0 Å². The molecule has 3 heteroatoms. The van der Waals surface area contributed by atoms with Crippen LogP contribution >= 0.6 is 23.2 Å². The van der Waals surface area contributed by atoms with E-state index in [1.807, 2.05) is 25.1 Å². The van der Waals surface area contributed by atoms with Crippen molar-refractivity contribution in [3.63, 3.8) is 0 Å². The lowest BCUT2D eigenvalue weighted by molar-refractivity contribution is 0.103. The molecule has 0 heterocycles. The van der Waals surface area contributed by atoms with Crippen LogP contribution in [0.4, 0.5) is 0 Å². The number of halogens is 2. The Morgan fingerprint density at radius 3 is 2.12 bits per heavy atom. The maximum atomic E-state index is 12.3. The number of carbonyl (C=O) groups excluding carboxylic acids is 1. The molecule has 86 valence electrons. The van der Waals surface area contributed by atoms with Crippen LogP contribution < -0.4 is 0 Å². The summed E-state index contributed by atoms with van der Waals surface area (Å²) in [5.41, 5.74) is 1.90. The molecule has 0 amide bonds. The highest BCUT2D eigenvalue weighted by atomic mass is 35.5. The molecular formula is C14H10Cl2O. The smallest absolute Gasteiger partial charge is 0.196 e. The average Bonchev–Trinajstić information content (AvgIpc) is 2.29. The van der Waals surface area contributed by atoms with Gasteiger partial charge in [0.2, 0.25) is 0 Å². The molecule has 2 aromatic carbocycles. The van der Waals surface area contributed by atoms with Crippen molar-refractivity contribution in [3.8, 4) is 0 Å². The van der Waals surface area contributed by atoms with Crippen LogP contribution in [0.15, 0.2) is 42.5 Å². The number of carbonyl (C=O) groups is 1. The Hall–Kier alpha value is -1.31. The first kappa shape index (κ1) is 12.2. The van der Waals surface area contributed by atoms with Crippen molar-refractivity contribution >= 4 is 29.0 Å². The second-order valence-electron chi connectivity index (χ2n) is 3.74. The number of rotatable bonds is 2. The second kappa shape index (κ2) is 4.91. The fourth-order valence-electron chi connectivity index (χ4n) is 1.68. The fraction of sp³-hybridized carbons (Fsp3) is 0.0714. The normalized spacial score (nSPS) is 10.3. The summed E-state index contributed by atoms with van der Waals surface area (Å²) >= 11 is 12.0. The van der Waals surface area contributed by atoms with E-state index in [2.05, 4.69) is 0 Å². The van der Waals surface area contributed by atoms with E-state index in [0.717, 1.165) is 5.56 Å². The maximum absolute atomic E-state index is 12.3. The van der Waals surface area contributed by atoms with E-state index in [4.69, 9.17) is 23.2 Å². The molecule has 0 N–H and O–H groups in total. The van der Waals surface area contributed by atoms with E-state index in [-0.39, 0.29) is 5.78 Å². The molecule has 0 aromatic heterocycles. The number of aryl methyl sites for hydroxylation is 1. The summed E-state index contributed by atoms with van der Waals surface area (Å²) in [6, 6.07) is 12.4. The Morgan fingerprint density at radius 1 is 0.941 bits per heavy atom. The third-order valence-electron chi connectivity index (χ3n) is 2.58. The number of hydrogen-bond donors (Lipinski definition) is 0. The molecule has 0 aliphatic carbocycles. The molecule has 0 bridgehead atoms. The number of benzene rings is 2. The highest BCUT2D eigenvalue weighted by molar-refractivity contribution is 6.41. The molecule has 0 aliphatic heterocycles. The number of hydrogen-bond acceptors (Lipinski definition) is 1. The first-order valence-electron chi connectivity index (χ1n) is 5.15. The Bertz CT molecular complexity index is 556. The van der Waals surface area contributed by atoms with Crippen LogP contribution in [-0.2, 0) is 0 Å². The quantitative estimate of drug-likeness (QED) is 0.729. The lowest BCUT2D eigenvalue weighted by Crippen LogP contribution is -2.05. The highest BCUT2D eigenvalue weighted by Gasteiger charge is 2.17. The van der Waals surface area contributed by atoms with Crippen molar-refractivity contribution in [3.05, 3.63) is 69.2 Å². The molecule has 0 saturated carbocycles. The molecule has 1 nitrogen and oxygen atoms in total. The van der Waals surface area contributed by atoms with Gasteiger partial charge in [-0.1, -0.05) is 53.5 Å². The fourth-order valence-corrected chi connectivity index (χ4v) is 2.25. The summed E-state index contributed by atoms with van der Waals surface area (Å²) in [5, 5.41) is 0.761. The van der Waals surface area contributed by atoms with Crippen LogP contribution in [0.1, 0.15) is 21.5 Å². The van der Waals surface area contributed by atoms with E-state index in [9.17, 15) is 4.79 Å². The topological polar surface area (TPSA) is 17.1 Å². The average molecular weight is 265 g/mol. The van der Waals surface area contributed by atoms with Gasteiger partial charge in [-0.25, -0.2) is 0 Å². The van der Waals surface area contributed by atoms with Gasteiger partial charge in [-0.05, 0) is 24.6 Å². The Balaban J connectivity index is 2.56.